The fourth-order valence-electron chi connectivity index (χ4n) is 2.29. The fourth-order valence-corrected chi connectivity index (χ4v) is 2.29. The van der Waals surface area contributed by atoms with Crippen molar-refractivity contribution in [2.45, 2.75) is 18.9 Å². The summed E-state index contributed by atoms with van der Waals surface area (Å²) in [5.41, 5.74) is 4.51. The second kappa shape index (κ2) is 5.94. The van der Waals surface area contributed by atoms with Gasteiger partial charge in [0.1, 0.15) is 11.6 Å². The first kappa shape index (κ1) is 15.0. The number of anilines is 1. The van der Waals surface area contributed by atoms with E-state index in [1.807, 2.05) is 0 Å². The van der Waals surface area contributed by atoms with Gasteiger partial charge in [-0.05, 0) is 18.9 Å². The molecular formula is C13H15F2N3O3. The molecule has 0 aliphatic carbocycles. The number of benzene rings is 1. The number of amides is 2. The van der Waals surface area contributed by atoms with Gasteiger partial charge in [0.25, 0.3) is 0 Å². The number of halogens is 2. The highest BCUT2D eigenvalue weighted by atomic mass is 19.1. The van der Waals surface area contributed by atoms with Crippen LogP contribution in [-0.2, 0) is 0 Å². The molecule has 2 rings (SSSR count). The third-order valence-electron chi connectivity index (χ3n) is 3.45. The third kappa shape index (κ3) is 3.39. The van der Waals surface area contributed by atoms with Crippen LogP contribution in [0.5, 0.6) is 0 Å². The summed E-state index contributed by atoms with van der Waals surface area (Å²) in [6.45, 7) is 0.864. The molecule has 1 heterocycles. The largest absolute Gasteiger partial charge is 0.478 e. The summed E-state index contributed by atoms with van der Waals surface area (Å²) in [7, 11) is 0. The molecule has 0 aromatic heterocycles. The average molecular weight is 299 g/mol. The van der Waals surface area contributed by atoms with Crippen LogP contribution in [0.25, 0.3) is 0 Å². The maximum Gasteiger partial charge on any atom is 0.338 e. The summed E-state index contributed by atoms with van der Waals surface area (Å²) in [6.07, 6.45) is 1.09. The minimum absolute atomic E-state index is 0.0636. The number of nitrogens with zero attached hydrogens (tertiary/aromatic N) is 1. The van der Waals surface area contributed by atoms with E-state index in [4.69, 9.17) is 10.8 Å². The summed E-state index contributed by atoms with van der Waals surface area (Å²) in [5.74, 6) is -3.43. The number of primary amides is 1. The molecule has 8 heteroatoms. The van der Waals surface area contributed by atoms with Crippen molar-refractivity contribution in [2.24, 2.45) is 5.73 Å². The number of hydrogen-bond donors (Lipinski definition) is 3. The number of likely N-dealkylation sites (tertiary alicyclic amines) is 1. The number of aromatic carboxylic acids is 1. The van der Waals surface area contributed by atoms with Crippen molar-refractivity contribution in [1.29, 1.82) is 0 Å². The number of carboxylic acid groups (broad SMARTS) is 1. The minimum Gasteiger partial charge on any atom is -0.478 e. The lowest BCUT2D eigenvalue weighted by atomic mass is 10.0. The van der Waals surface area contributed by atoms with Crippen LogP contribution in [0.1, 0.15) is 23.2 Å². The summed E-state index contributed by atoms with van der Waals surface area (Å²) in [4.78, 5) is 23.3. The number of nitrogens with two attached hydrogens (primary N) is 1. The summed E-state index contributed by atoms with van der Waals surface area (Å²) < 4.78 is 27.0. The van der Waals surface area contributed by atoms with Crippen LogP contribution in [-0.4, -0.2) is 41.1 Å². The van der Waals surface area contributed by atoms with E-state index in [2.05, 4.69) is 5.32 Å². The first-order valence-corrected chi connectivity index (χ1v) is 6.41. The van der Waals surface area contributed by atoms with Crippen LogP contribution < -0.4 is 11.1 Å². The standard InChI is InChI=1S/C13H15F2N3O3/c14-9-6-10(15)11(5-8(9)12(19)20)17-7-1-3-18(4-2-7)13(16)21/h5-7,17H,1-4H2,(H2,16,21)(H,19,20). The van der Waals surface area contributed by atoms with Crippen molar-refractivity contribution in [3.8, 4) is 0 Å². The highest BCUT2D eigenvalue weighted by Gasteiger charge is 2.23. The van der Waals surface area contributed by atoms with Gasteiger partial charge in [-0.25, -0.2) is 18.4 Å². The van der Waals surface area contributed by atoms with E-state index in [1.165, 1.54) is 4.90 Å². The lowest BCUT2D eigenvalue weighted by Gasteiger charge is -2.31. The first-order chi connectivity index (χ1) is 9.88. The molecule has 1 aliphatic rings. The van der Waals surface area contributed by atoms with E-state index >= 15 is 0 Å². The predicted molar refractivity (Wildman–Crippen MR) is 71.1 cm³/mol. The number of nitrogens with one attached hydrogen (secondary N) is 1. The number of hydrogen-bond acceptors (Lipinski definition) is 3. The maximum absolute atomic E-state index is 13.7. The van der Waals surface area contributed by atoms with Gasteiger partial charge in [0.05, 0.1) is 11.3 Å². The summed E-state index contributed by atoms with van der Waals surface area (Å²) in [6, 6.07) is 0.842. The number of carbonyl (C=O) groups excluding carboxylic acids is 1. The monoisotopic (exact) mass is 299 g/mol. The number of rotatable bonds is 3. The van der Waals surface area contributed by atoms with Crippen molar-refractivity contribution >= 4 is 17.7 Å². The topological polar surface area (TPSA) is 95.7 Å². The number of carboxylic acids is 1. The van der Waals surface area contributed by atoms with Gasteiger partial charge in [-0.2, -0.15) is 0 Å². The Hall–Kier alpha value is -2.38. The fraction of sp³-hybridized carbons (Fsp3) is 0.385. The van der Waals surface area contributed by atoms with Gasteiger partial charge < -0.3 is 21.1 Å². The zero-order chi connectivity index (χ0) is 15.6. The average Bonchev–Trinajstić information content (AvgIpc) is 2.42. The molecule has 6 nitrogen and oxygen atoms in total. The van der Waals surface area contributed by atoms with Crippen molar-refractivity contribution in [2.75, 3.05) is 18.4 Å². The Bertz CT molecular complexity index is 572. The maximum atomic E-state index is 13.7. The van der Waals surface area contributed by atoms with Crippen molar-refractivity contribution in [1.82, 2.24) is 4.90 Å². The first-order valence-electron chi connectivity index (χ1n) is 6.41. The van der Waals surface area contributed by atoms with Crippen LogP contribution in [0, 0.1) is 11.6 Å². The van der Waals surface area contributed by atoms with Crippen LogP contribution in [0.4, 0.5) is 19.3 Å². The van der Waals surface area contributed by atoms with Crippen LogP contribution in [0.2, 0.25) is 0 Å². The van der Waals surface area contributed by atoms with E-state index in [-0.39, 0.29) is 11.7 Å². The molecule has 0 saturated carbocycles. The highest BCUT2D eigenvalue weighted by Crippen LogP contribution is 2.23. The molecule has 0 radical (unpaired) electrons. The molecule has 0 unspecified atom stereocenters. The number of piperidine rings is 1. The van der Waals surface area contributed by atoms with E-state index < -0.39 is 29.2 Å². The van der Waals surface area contributed by atoms with Gasteiger partial charge in [0.15, 0.2) is 0 Å². The SMILES string of the molecule is NC(=O)N1CCC(Nc2cc(C(=O)O)c(F)cc2F)CC1. The summed E-state index contributed by atoms with van der Waals surface area (Å²) >= 11 is 0. The van der Waals surface area contributed by atoms with E-state index in [9.17, 15) is 18.4 Å². The molecule has 0 spiro atoms. The molecule has 1 aliphatic heterocycles. The molecule has 21 heavy (non-hydrogen) atoms. The van der Waals surface area contributed by atoms with Gasteiger partial charge in [-0.15, -0.1) is 0 Å². The van der Waals surface area contributed by atoms with Crippen LogP contribution in [0.3, 0.4) is 0 Å². The Balaban J connectivity index is 2.08. The molecular weight excluding hydrogens is 284 g/mol. The molecule has 1 aromatic carbocycles. The normalized spacial score (nSPS) is 15.8. The number of carbonyl (C=O) groups is 2. The summed E-state index contributed by atoms with van der Waals surface area (Å²) in [5, 5.41) is 11.7. The predicted octanol–water partition coefficient (Wildman–Crippen LogP) is 1.62. The highest BCUT2D eigenvalue weighted by molar-refractivity contribution is 5.89. The molecule has 114 valence electrons. The third-order valence-corrected chi connectivity index (χ3v) is 3.45. The van der Waals surface area contributed by atoms with E-state index in [1.54, 1.807) is 0 Å². The Labute approximate surface area is 119 Å². The van der Waals surface area contributed by atoms with Gasteiger partial charge in [0.2, 0.25) is 0 Å². The lowest BCUT2D eigenvalue weighted by Crippen LogP contribution is -2.44. The Morgan fingerprint density at radius 2 is 1.86 bits per heavy atom. The van der Waals surface area contributed by atoms with Crippen molar-refractivity contribution in [3.05, 3.63) is 29.3 Å². The Morgan fingerprint density at radius 1 is 1.24 bits per heavy atom. The van der Waals surface area contributed by atoms with Crippen molar-refractivity contribution in [3.63, 3.8) is 0 Å². The molecule has 1 saturated heterocycles. The van der Waals surface area contributed by atoms with Crippen LogP contribution >= 0.6 is 0 Å². The Morgan fingerprint density at radius 3 is 2.38 bits per heavy atom. The van der Waals surface area contributed by atoms with E-state index in [0.717, 1.165) is 6.07 Å². The molecule has 1 fully saturated rings. The van der Waals surface area contributed by atoms with E-state index in [0.29, 0.717) is 32.0 Å². The van der Waals surface area contributed by atoms with Gasteiger partial charge in [0, 0.05) is 25.2 Å². The zero-order valence-corrected chi connectivity index (χ0v) is 11.1. The van der Waals surface area contributed by atoms with Gasteiger partial charge in [-0.1, -0.05) is 0 Å². The molecule has 0 atom stereocenters. The van der Waals surface area contributed by atoms with Crippen molar-refractivity contribution < 1.29 is 23.5 Å². The zero-order valence-electron chi connectivity index (χ0n) is 11.1. The smallest absolute Gasteiger partial charge is 0.338 e. The molecule has 4 N–H and O–H groups in total. The quantitative estimate of drug-likeness (QED) is 0.790. The lowest BCUT2D eigenvalue weighted by molar-refractivity contribution is 0.0691. The van der Waals surface area contributed by atoms with Gasteiger partial charge >= 0.3 is 12.0 Å². The second-order valence-electron chi connectivity index (χ2n) is 4.86. The second-order valence-corrected chi connectivity index (χ2v) is 4.86. The molecule has 0 bridgehead atoms. The minimum atomic E-state index is -1.46. The molecule has 1 aromatic rings. The van der Waals surface area contributed by atoms with Crippen LogP contribution in [0.15, 0.2) is 12.1 Å². The van der Waals surface area contributed by atoms with Gasteiger partial charge in [-0.3, -0.25) is 0 Å². The molecule has 2 amide bonds. The Kier molecular flexibility index (Phi) is 4.25. The number of urea groups is 1.